The molecule has 0 bridgehead atoms. The minimum atomic E-state index is -0.117. The van der Waals surface area contributed by atoms with Gasteiger partial charge < -0.3 is 4.84 Å². The molecule has 76 valence electrons. The van der Waals surface area contributed by atoms with E-state index in [4.69, 9.17) is 4.84 Å². The first-order valence-corrected chi connectivity index (χ1v) is 5.12. The largest absolute Gasteiger partial charge is 0.389 e. The van der Waals surface area contributed by atoms with Crippen molar-refractivity contribution in [1.29, 1.82) is 0 Å². The molecule has 1 unspecified atom stereocenters. The van der Waals surface area contributed by atoms with E-state index in [1.54, 1.807) is 0 Å². The van der Waals surface area contributed by atoms with Crippen LogP contribution >= 0.6 is 0 Å². The highest BCUT2D eigenvalue weighted by molar-refractivity contribution is 5.90. The lowest BCUT2D eigenvalue weighted by molar-refractivity contribution is -0.0243. The Hall–Kier alpha value is -0.530. The Morgan fingerprint density at radius 3 is 2.08 bits per heavy atom. The third kappa shape index (κ3) is 1.87. The Labute approximate surface area is 81.3 Å². The van der Waals surface area contributed by atoms with Crippen LogP contribution in [-0.4, -0.2) is 11.3 Å². The van der Waals surface area contributed by atoms with Gasteiger partial charge in [0.05, 0.1) is 5.71 Å². The van der Waals surface area contributed by atoms with Crippen LogP contribution in [0.15, 0.2) is 5.16 Å². The first-order chi connectivity index (χ1) is 5.86. The lowest BCUT2D eigenvalue weighted by Gasteiger charge is -2.29. The Kier molecular flexibility index (Phi) is 2.69. The molecule has 13 heavy (non-hydrogen) atoms. The zero-order valence-corrected chi connectivity index (χ0v) is 9.59. The summed E-state index contributed by atoms with van der Waals surface area (Å²) in [5.41, 5.74) is 1.10. The number of hydrogen-bond acceptors (Lipinski definition) is 2. The highest BCUT2D eigenvalue weighted by Gasteiger charge is 2.43. The van der Waals surface area contributed by atoms with Crippen molar-refractivity contribution in [3.63, 3.8) is 0 Å². The van der Waals surface area contributed by atoms with E-state index in [9.17, 15) is 0 Å². The van der Waals surface area contributed by atoms with Crippen LogP contribution in [0.5, 0.6) is 0 Å². The highest BCUT2D eigenvalue weighted by Crippen LogP contribution is 2.36. The van der Waals surface area contributed by atoms with Crippen LogP contribution < -0.4 is 0 Å². The van der Waals surface area contributed by atoms with Gasteiger partial charge in [-0.15, -0.1) is 0 Å². The van der Waals surface area contributed by atoms with Gasteiger partial charge in [0, 0.05) is 5.92 Å². The summed E-state index contributed by atoms with van der Waals surface area (Å²) < 4.78 is 0. The lowest BCUT2D eigenvalue weighted by atomic mass is 9.76. The van der Waals surface area contributed by atoms with E-state index in [0.29, 0.717) is 17.8 Å². The summed E-state index contributed by atoms with van der Waals surface area (Å²) in [7, 11) is 0. The molecule has 0 N–H and O–H groups in total. The average molecular weight is 183 g/mol. The third-order valence-electron chi connectivity index (χ3n) is 2.71. The fourth-order valence-corrected chi connectivity index (χ4v) is 2.25. The van der Waals surface area contributed by atoms with E-state index in [1.165, 1.54) is 5.71 Å². The van der Waals surface area contributed by atoms with Crippen LogP contribution in [0.4, 0.5) is 0 Å². The molecule has 0 aromatic heterocycles. The molecule has 1 aliphatic heterocycles. The van der Waals surface area contributed by atoms with E-state index in [0.717, 1.165) is 0 Å². The Balaban J connectivity index is 2.89. The van der Waals surface area contributed by atoms with Gasteiger partial charge in [-0.25, -0.2) is 0 Å². The Morgan fingerprint density at radius 2 is 1.77 bits per heavy atom. The van der Waals surface area contributed by atoms with Gasteiger partial charge in [-0.3, -0.25) is 0 Å². The predicted octanol–water partition coefficient (Wildman–Crippen LogP) is 3.08. The van der Waals surface area contributed by atoms with Crippen molar-refractivity contribution in [2.75, 3.05) is 0 Å². The molecule has 0 spiro atoms. The minimum Gasteiger partial charge on any atom is -0.389 e. The first kappa shape index (κ1) is 10.6. The van der Waals surface area contributed by atoms with Gasteiger partial charge in [-0.2, -0.15) is 0 Å². The number of oxime groups is 1. The number of hydrogen-bond donors (Lipinski definition) is 0. The lowest BCUT2D eigenvalue weighted by Crippen LogP contribution is -2.37. The maximum absolute atomic E-state index is 5.48. The molecule has 0 aromatic carbocycles. The van der Waals surface area contributed by atoms with Gasteiger partial charge in [0.15, 0.2) is 0 Å². The summed E-state index contributed by atoms with van der Waals surface area (Å²) in [4.78, 5) is 5.48. The monoisotopic (exact) mass is 183 g/mol. The van der Waals surface area contributed by atoms with Gasteiger partial charge in [0.25, 0.3) is 0 Å². The molecule has 1 aliphatic rings. The molecule has 0 aromatic rings. The first-order valence-electron chi connectivity index (χ1n) is 5.12. The van der Waals surface area contributed by atoms with Crippen molar-refractivity contribution in [3.8, 4) is 0 Å². The highest BCUT2D eigenvalue weighted by atomic mass is 16.7. The standard InChI is InChI=1S/C11H21NO/c1-7(2)9-10(8(3)4)12-13-11(9,5)6/h7-9H,1-6H3. The molecule has 2 nitrogen and oxygen atoms in total. The fraction of sp³-hybridized carbons (Fsp3) is 0.909. The predicted molar refractivity (Wildman–Crippen MR) is 55.8 cm³/mol. The van der Waals surface area contributed by atoms with E-state index in [-0.39, 0.29) is 5.60 Å². The topological polar surface area (TPSA) is 21.6 Å². The second-order valence-electron chi connectivity index (χ2n) is 5.09. The summed E-state index contributed by atoms with van der Waals surface area (Å²) in [5.74, 6) is 1.56. The summed E-state index contributed by atoms with van der Waals surface area (Å²) in [6.07, 6.45) is 0. The molecule has 0 saturated heterocycles. The minimum absolute atomic E-state index is 0.117. The van der Waals surface area contributed by atoms with Crippen molar-refractivity contribution < 1.29 is 4.84 Å². The van der Waals surface area contributed by atoms with Crippen LogP contribution in [0.1, 0.15) is 41.5 Å². The van der Waals surface area contributed by atoms with Crippen molar-refractivity contribution in [1.82, 2.24) is 0 Å². The normalized spacial score (nSPS) is 26.5. The quantitative estimate of drug-likeness (QED) is 0.644. The van der Waals surface area contributed by atoms with Crippen LogP contribution in [0.2, 0.25) is 0 Å². The van der Waals surface area contributed by atoms with Gasteiger partial charge in [-0.05, 0) is 25.7 Å². The molecular formula is C11H21NO. The summed E-state index contributed by atoms with van der Waals surface area (Å²) in [5, 5.41) is 4.21. The average Bonchev–Trinajstić information content (AvgIpc) is 2.24. The molecule has 0 saturated carbocycles. The maximum Gasteiger partial charge on any atom is 0.140 e. The molecule has 1 atom stereocenters. The fourth-order valence-electron chi connectivity index (χ4n) is 2.25. The van der Waals surface area contributed by atoms with Crippen LogP contribution in [0.3, 0.4) is 0 Å². The summed E-state index contributed by atoms with van der Waals surface area (Å²) >= 11 is 0. The Morgan fingerprint density at radius 1 is 1.23 bits per heavy atom. The number of nitrogens with zero attached hydrogens (tertiary/aromatic N) is 1. The molecule has 1 rings (SSSR count). The van der Waals surface area contributed by atoms with Gasteiger partial charge in [0.1, 0.15) is 5.60 Å². The van der Waals surface area contributed by atoms with Crippen molar-refractivity contribution >= 4 is 5.71 Å². The molecule has 0 aliphatic carbocycles. The molecule has 0 fully saturated rings. The summed E-state index contributed by atoms with van der Waals surface area (Å²) in [6.45, 7) is 13.1. The van der Waals surface area contributed by atoms with Crippen molar-refractivity contribution in [2.45, 2.75) is 47.1 Å². The molecular weight excluding hydrogens is 162 g/mol. The smallest absolute Gasteiger partial charge is 0.140 e. The van der Waals surface area contributed by atoms with Gasteiger partial charge in [0.2, 0.25) is 0 Å². The number of rotatable bonds is 2. The van der Waals surface area contributed by atoms with E-state index in [1.807, 2.05) is 0 Å². The molecule has 0 amide bonds. The van der Waals surface area contributed by atoms with Gasteiger partial charge in [-0.1, -0.05) is 32.9 Å². The van der Waals surface area contributed by atoms with Crippen molar-refractivity contribution in [3.05, 3.63) is 0 Å². The summed E-state index contributed by atoms with van der Waals surface area (Å²) in [6, 6.07) is 0. The van der Waals surface area contributed by atoms with E-state index < -0.39 is 0 Å². The Bertz CT molecular complexity index is 216. The van der Waals surface area contributed by atoms with Crippen molar-refractivity contribution in [2.24, 2.45) is 22.9 Å². The molecule has 2 heteroatoms. The van der Waals surface area contributed by atoms with Crippen LogP contribution in [0, 0.1) is 17.8 Å². The molecule has 0 radical (unpaired) electrons. The zero-order chi connectivity index (χ0) is 10.2. The van der Waals surface area contributed by atoms with Crippen LogP contribution in [0.25, 0.3) is 0 Å². The molecule has 1 heterocycles. The van der Waals surface area contributed by atoms with Gasteiger partial charge >= 0.3 is 0 Å². The SMILES string of the molecule is CC(C)C1=NOC(C)(C)C1C(C)C. The third-order valence-corrected chi connectivity index (χ3v) is 2.71. The zero-order valence-electron chi connectivity index (χ0n) is 9.59. The van der Waals surface area contributed by atoms with Crippen LogP contribution in [-0.2, 0) is 4.84 Å². The second kappa shape index (κ2) is 3.32. The maximum atomic E-state index is 5.48. The van der Waals surface area contributed by atoms with E-state index in [2.05, 4.69) is 46.7 Å². The van der Waals surface area contributed by atoms with E-state index >= 15 is 0 Å². The second-order valence-corrected chi connectivity index (χ2v) is 5.09.